The first kappa shape index (κ1) is 31.2. The number of benzene rings is 3. The maximum atomic E-state index is 14.0. The summed E-state index contributed by atoms with van der Waals surface area (Å²) in [6.45, 7) is 7.91. The van der Waals surface area contributed by atoms with Crippen molar-refractivity contribution in [1.82, 2.24) is 10.2 Å². The molecule has 0 aliphatic heterocycles. The van der Waals surface area contributed by atoms with Crippen LogP contribution in [-0.2, 0) is 26.0 Å². The summed E-state index contributed by atoms with van der Waals surface area (Å²) in [5.41, 5.74) is 2.07. The summed E-state index contributed by atoms with van der Waals surface area (Å²) in [5, 5.41) is 3.33. The van der Waals surface area contributed by atoms with Gasteiger partial charge in [-0.15, -0.1) is 0 Å². The molecule has 0 spiro atoms. The molecule has 2 amide bonds. The predicted molar refractivity (Wildman–Crippen MR) is 161 cm³/mol. The zero-order valence-electron chi connectivity index (χ0n) is 23.5. The lowest BCUT2D eigenvalue weighted by molar-refractivity contribution is -0.139. The van der Waals surface area contributed by atoms with Gasteiger partial charge < -0.3 is 10.2 Å². The Labute approximate surface area is 243 Å². The molecular weight excluding hydrogens is 546 g/mol. The van der Waals surface area contributed by atoms with Gasteiger partial charge in [-0.3, -0.25) is 13.9 Å². The van der Waals surface area contributed by atoms with E-state index in [-0.39, 0.29) is 29.0 Å². The molecular formula is C31H38ClN3O4S. The van der Waals surface area contributed by atoms with Gasteiger partial charge >= 0.3 is 0 Å². The quantitative estimate of drug-likeness (QED) is 0.289. The van der Waals surface area contributed by atoms with E-state index in [9.17, 15) is 18.0 Å². The normalized spacial score (nSPS) is 12.2. The van der Waals surface area contributed by atoms with E-state index in [1.807, 2.05) is 58.0 Å². The van der Waals surface area contributed by atoms with Crippen molar-refractivity contribution in [2.75, 3.05) is 23.9 Å². The number of nitrogens with one attached hydrogen (secondary N) is 1. The van der Waals surface area contributed by atoms with Gasteiger partial charge in [0.25, 0.3) is 10.0 Å². The highest BCUT2D eigenvalue weighted by atomic mass is 35.5. The topological polar surface area (TPSA) is 86.8 Å². The number of sulfonamides is 1. The van der Waals surface area contributed by atoms with Crippen LogP contribution in [0.25, 0.3) is 0 Å². The van der Waals surface area contributed by atoms with Crippen LogP contribution >= 0.6 is 11.6 Å². The minimum atomic E-state index is -4.13. The molecule has 0 bridgehead atoms. The van der Waals surface area contributed by atoms with Crippen molar-refractivity contribution in [3.05, 3.63) is 95.0 Å². The first-order valence-electron chi connectivity index (χ1n) is 13.5. The lowest BCUT2D eigenvalue weighted by atomic mass is 10.1. The monoisotopic (exact) mass is 583 g/mol. The van der Waals surface area contributed by atoms with Crippen LogP contribution in [0.4, 0.5) is 5.69 Å². The Morgan fingerprint density at radius 2 is 1.57 bits per heavy atom. The Kier molecular flexibility index (Phi) is 11.2. The first-order valence-corrected chi connectivity index (χ1v) is 15.3. The molecule has 0 aliphatic carbocycles. The van der Waals surface area contributed by atoms with Crippen molar-refractivity contribution in [1.29, 1.82) is 0 Å². The third kappa shape index (κ3) is 8.08. The molecule has 3 aromatic carbocycles. The number of nitrogens with zero attached hydrogens (tertiary/aromatic N) is 2. The summed E-state index contributed by atoms with van der Waals surface area (Å²) in [7, 11) is -4.13. The third-order valence-corrected chi connectivity index (χ3v) is 8.80. The molecule has 3 rings (SSSR count). The molecule has 7 nitrogen and oxygen atoms in total. The summed E-state index contributed by atoms with van der Waals surface area (Å²) in [4.78, 5) is 28.8. The fraction of sp³-hybridized carbons (Fsp3) is 0.355. The van der Waals surface area contributed by atoms with E-state index in [0.717, 1.165) is 15.4 Å². The van der Waals surface area contributed by atoms with Gasteiger partial charge in [-0.2, -0.15) is 0 Å². The van der Waals surface area contributed by atoms with Crippen LogP contribution in [0.2, 0.25) is 5.02 Å². The summed E-state index contributed by atoms with van der Waals surface area (Å²) >= 11 is 6.38. The highest BCUT2D eigenvalue weighted by molar-refractivity contribution is 7.92. The fourth-order valence-electron chi connectivity index (χ4n) is 4.30. The van der Waals surface area contributed by atoms with Crippen molar-refractivity contribution in [3.63, 3.8) is 0 Å². The smallest absolute Gasteiger partial charge is 0.264 e. The van der Waals surface area contributed by atoms with Crippen LogP contribution in [0.15, 0.2) is 83.8 Å². The predicted octanol–water partition coefficient (Wildman–Crippen LogP) is 5.47. The molecule has 3 aromatic rings. The average Bonchev–Trinajstić information content (AvgIpc) is 2.95. The summed E-state index contributed by atoms with van der Waals surface area (Å²) in [6, 6.07) is 21.8. The lowest BCUT2D eigenvalue weighted by Crippen LogP contribution is -2.53. The molecule has 0 aromatic heterocycles. The molecule has 0 unspecified atom stereocenters. The van der Waals surface area contributed by atoms with Crippen molar-refractivity contribution in [3.8, 4) is 0 Å². The maximum Gasteiger partial charge on any atom is 0.264 e. The van der Waals surface area contributed by atoms with E-state index in [4.69, 9.17) is 11.6 Å². The Morgan fingerprint density at radius 3 is 2.15 bits per heavy atom. The molecule has 0 heterocycles. The summed E-state index contributed by atoms with van der Waals surface area (Å²) in [6.07, 6.45) is 0.897. The number of rotatable bonds is 13. The largest absolute Gasteiger partial charge is 0.354 e. The standard InChI is InChI=1S/C31H38ClN3O4S/c1-5-29(31(37)33-21-23(2)3)34(19-18-25-12-8-6-9-13-25)30(36)22-35(26-17-16-24(4)28(32)20-26)40(38,39)27-14-10-7-11-15-27/h6-17,20,23,29H,5,18-19,21-22H2,1-4H3,(H,33,37)/t29-/m1/s1. The second-order valence-electron chi connectivity index (χ2n) is 10.1. The van der Waals surface area contributed by atoms with Gasteiger partial charge in [0, 0.05) is 18.1 Å². The molecule has 0 saturated heterocycles. The number of aryl methyl sites for hydroxylation is 1. The third-order valence-electron chi connectivity index (χ3n) is 6.61. The minimum Gasteiger partial charge on any atom is -0.354 e. The van der Waals surface area contributed by atoms with Gasteiger partial charge in [-0.25, -0.2) is 8.42 Å². The first-order chi connectivity index (χ1) is 19.0. The zero-order chi connectivity index (χ0) is 29.3. The number of carbonyl (C=O) groups is 2. The lowest BCUT2D eigenvalue weighted by Gasteiger charge is -2.33. The molecule has 0 fully saturated rings. The average molecular weight is 584 g/mol. The van der Waals surface area contributed by atoms with Gasteiger partial charge in [-0.05, 0) is 61.1 Å². The highest BCUT2D eigenvalue weighted by Crippen LogP contribution is 2.28. The minimum absolute atomic E-state index is 0.0528. The number of anilines is 1. The van der Waals surface area contributed by atoms with Crippen LogP contribution < -0.4 is 9.62 Å². The van der Waals surface area contributed by atoms with Gasteiger partial charge in [-0.1, -0.05) is 87.0 Å². The molecule has 9 heteroatoms. The second-order valence-corrected chi connectivity index (χ2v) is 12.4. The van der Waals surface area contributed by atoms with E-state index >= 15 is 0 Å². The number of hydrogen-bond donors (Lipinski definition) is 1. The van der Waals surface area contributed by atoms with E-state index in [0.29, 0.717) is 24.4 Å². The molecule has 0 aliphatic rings. The fourth-order valence-corrected chi connectivity index (χ4v) is 5.91. The van der Waals surface area contributed by atoms with Crippen LogP contribution in [0.5, 0.6) is 0 Å². The molecule has 214 valence electrons. The maximum absolute atomic E-state index is 14.0. The number of hydrogen-bond acceptors (Lipinski definition) is 4. The van der Waals surface area contributed by atoms with Gasteiger partial charge in [0.1, 0.15) is 12.6 Å². The Balaban J connectivity index is 2.00. The van der Waals surface area contributed by atoms with E-state index in [2.05, 4.69) is 5.32 Å². The van der Waals surface area contributed by atoms with Gasteiger partial charge in [0.05, 0.1) is 10.6 Å². The SMILES string of the molecule is CC[C@H](C(=O)NCC(C)C)N(CCc1ccccc1)C(=O)CN(c1ccc(C)c(Cl)c1)S(=O)(=O)c1ccccc1. The van der Waals surface area contributed by atoms with Crippen LogP contribution in [-0.4, -0.2) is 50.8 Å². The molecule has 0 radical (unpaired) electrons. The Hall–Kier alpha value is -3.36. The molecule has 1 N–H and O–H groups in total. The van der Waals surface area contributed by atoms with E-state index < -0.39 is 28.5 Å². The van der Waals surface area contributed by atoms with Crippen molar-refractivity contribution < 1.29 is 18.0 Å². The van der Waals surface area contributed by atoms with Crippen LogP contribution in [0, 0.1) is 12.8 Å². The molecule has 1 atom stereocenters. The Bertz CT molecular complexity index is 1380. The van der Waals surface area contributed by atoms with Gasteiger partial charge in [0.2, 0.25) is 11.8 Å². The van der Waals surface area contributed by atoms with Gasteiger partial charge in [0.15, 0.2) is 0 Å². The van der Waals surface area contributed by atoms with Crippen LogP contribution in [0.3, 0.4) is 0 Å². The Morgan fingerprint density at radius 1 is 0.950 bits per heavy atom. The van der Waals surface area contributed by atoms with Crippen LogP contribution in [0.1, 0.15) is 38.3 Å². The molecule has 40 heavy (non-hydrogen) atoms. The number of amides is 2. The van der Waals surface area contributed by atoms with Crippen molar-refractivity contribution in [2.45, 2.75) is 51.5 Å². The summed E-state index contributed by atoms with van der Waals surface area (Å²) < 4.78 is 28.8. The van der Waals surface area contributed by atoms with Crippen molar-refractivity contribution in [2.24, 2.45) is 5.92 Å². The zero-order valence-corrected chi connectivity index (χ0v) is 25.1. The molecule has 0 saturated carbocycles. The number of carbonyl (C=O) groups excluding carboxylic acids is 2. The second kappa shape index (κ2) is 14.3. The highest BCUT2D eigenvalue weighted by Gasteiger charge is 2.33. The van der Waals surface area contributed by atoms with Crippen molar-refractivity contribution >= 4 is 39.1 Å². The number of halogens is 1. The summed E-state index contributed by atoms with van der Waals surface area (Å²) in [5.74, 6) is -0.486. The van der Waals surface area contributed by atoms with E-state index in [1.165, 1.54) is 17.0 Å². The van der Waals surface area contributed by atoms with E-state index in [1.54, 1.807) is 36.4 Å².